The van der Waals surface area contributed by atoms with Crippen molar-refractivity contribution in [1.29, 1.82) is 0 Å². The first kappa shape index (κ1) is 28.6. The lowest BCUT2D eigenvalue weighted by atomic mass is 9.82. The van der Waals surface area contributed by atoms with Gasteiger partial charge < -0.3 is 15.7 Å². The molecule has 3 N–H and O–H groups in total. The van der Waals surface area contributed by atoms with Gasteiger partial charge in [-0.15, -0.1) is 0 Å². The Balaban J connectivity index is 1.21. The third-order valence-electron chi connectivity index (χ3n) is 8.65. The molecule has 2 amide bonds. The molecule has 0 aromatic rings. The van der Waals surface area contributed by atoms with E-state index in [1.54, 1.807) is 12.2 Å². The minimum atomic E-state index is -0.808. The summed E-state index contributed by atoms with van der Waals surface area (Å²) in [4.78, 5) is 35.3. The molecule has 0 radical (unpaired) electrons. The predicted molar refractivity (Wildman–Crippen MR) is 139 cm³/mol. The number of carbonyl (C=O) groups excluding carboxylic acids is 2. The van der Waals surface area contributed by atoms with Gasteiger partial charge in [-0.3, -0.25) is 14.4 Å². The van der Waals surface area contributed by atoms with E-state index in [4.69, 9.17) is 5.11 Å². The minimum absolute atomic E-state index is 0.0952. The lowest BCUT2D eigenvalue weighted by Crippen LogP contribution is -2.38. The van der Waals surface area contributed by atoms with Crippen molar-refractivity contribution in [2.75, 3.05) is 0 Å². The molecule has 2 atom stereocenters. The summed E-state index contributed by atoms with van der Waals surface area (Å²) < 4.78 is 13.9. The van der Waals surface area contributed by atoms with Crippen LogP contribution in [0.2, 0.25) is 0 Å². The highest BCUT2D eigenvalue weighted by Crippen LogP contribution is 2.30. The van der Waals surface area contributed by atoms with Crippen LogP contribution >= 0.6 is 0 Å². The molecule has 0 heterocycles. The van der Waals surface area contributed by atoms with Gasteiger partial charge in [0.15, 0.2) is 0 Å². The summed E-state index contributed by atoms with van der Waals surface area (Å²) in [5.41, 5.74) is 0. The zero-order chi connectivity index (χ0) is 25.8. The predicted octanol–water partition coefficient (Wildman–Crippen LogP) is 5.85. The quantitative estimate of drug-likeness (QED) is 0.290. The molecule has 0 bridgehead atoms. The molecular weight excluding hydrogens is 459 g/mol. The molecule has 3 aliphatic carbocycles. The highest BCUT2D eigenvalue weighted by atomic mass is 19.1. The monoisotopic (exact) mass is 506 g/mol. The summed E-state index contributed by atoms with van der Waals surface area (Å²) in [6.07, 6.45) is 18.8. The number of allylic oxidation sites excluding steroid dienone is 1. The van der Waals surface area contributed by atoms with Crippen LogP contribution in [0, 0.1) is 17.8 Å². The highest BCUT2D eigenvalue weighted by molar-refractivity contribution is 5.87. The Morgan fingerprint density at radius 3 is 1.89 bits per heavy atom. The Morgan fingerprint density at radius 1 is 0.750 bits per heavy atom. The van der Waals surface area contributed by atoms with Crippen LogP contribution in [0.5, 0.6) is 0 Å². The number of rotatable bonds is 12. The smallest absolute Gasteiger partial charge is 0.303 e. The Bertz CT molecular complexity index is 727. The lowest BCUT2D eigenvalue weighted by molar-refractivity contribution is -0.137. The van der Waals surface area contributed by atoms with Crippen molar-refractivity contribution in [2.45, 2.75) is 134 Å². The molecule has 36 heavy (non-hydrogen) atoms. The number of amides is 2. The van der Waals surface area contributed by atoms with Crippen LogP contribution in [-0.4, -0.2) is 41.1 Å². The fourth-order valence-corrected chi connectivity index (χ4v) is 6.38. The Labute approximate surface area is 216 Å². The largest absolute Gasteiger partial charge is 0.481 e. The zero-order valence-corrected chi connectivity index (χ0v) is 21.9. The van der Waals surface area contributed by atoms with Crippen LogP contribution in [0.3, 0.4) is 0 Å². The summed E-state index contributed by atoms with van der Waals surface area (Å²) in [5.74, 6) is 0.465. The number of carboxylic acid groups (broad SMARTS) is 1. The van der Waals surface area contributed by atoms with Gasteiger partial charge in [0.1, 0.15) is 6.17 Å². The number of halogens is 1. The van der Waals surface area contributed by atoms with Gasteiger partial charge in [0, 0.05) is 30.8 Å². The summed E-state index contributed by atoms with van der Waals surface area (Å²) in [6.45, 7) is 0. The molecule has 2 unspecified atom stereocenters. The average molecular weight is 507 g/mol. The van der Waals surface area contributed by atoms with E-state index < -0.39 is 12.1 Å². The molecule has 3 saturated carbocycles. The Kier molecular flexibility index (Phi) is 12.2. The molecule has 0 saturated heterocycles. The van der Waals surface area contributed by atoms with E-state index in [1.165, 1.54) is 0 Å². The van der Waals surface area contributed by atoms with E-state index in [1.807, 2.05) is 0 Å². The van der Waals surface area contributed by atoms with Crippen LogP contribution in [0.4, 0.5) is 4.39 Å². The van der Waals surface area contributed by atoms with Crippen molar-refractivity contribution < 1.29 is 23.9 Å². The molecule has 0 aromatic carbocycles. The first-order chi connectivity index (χ1) is 17.4. The maximum Gasteiger partial charge on any atom is 0.303 e. The van der Waals surface area contributed by atoms with Gasteiger partial charge in [-0.2, -0.15) is 0 Å². The second-order valence-corrected chi connectivity index (χ2v) is 11.5. The number of nitrogens with one attached hydrogen (secondary N) is 2. The van der Waals surface area contributed by atoms with E-state index in [0.717, 1.165) is 96.3 Å². The molecule has 0 aromatic heterocycles. The summed E-state index contributed by atoms with van der Waals surface area (Å²) in [5, 5.41) is 15.1. The molecule has 204 valence electrons. The zero-order valence-electron chi connectivity index (χ0n) is 21.9. The van der Waals surface area contributed by atoms with E-state index in [-0.39, 0.29) is 36.2 Å². The number of hydrogen-bond donors (Lipinski definition) is 3. The van der Waals surface area contributed by atoms with Crippen molar-refractivity contribution in [3.8, 4) is 0 Å². The van der Waals surface area contributed by atoms with Gasteiger partial charge in [0.2, 0.25) is 11.8 Å². The number of aliphatic carboxylic acids is 1. The molecular formula is C29H47FN2O4. The summed E-state index contributed by atoms with van der Waals surface area (Å²) in [6, 6.07) is 0.476. The maximum atomic E-state index is 13.9. The maximum absolute atomic E-state index is 13.9. The first-order valence-electron chi connectivity index (χ1n) is 14.5. The minimum Gasteiger partial charge on any atom is -0.481 e. The van der Waals surface area contributed by atoms with E-state index in [2.05, 4.69) is 10.6 Å². The van der Waals surface area contributed by atoms with Crippen molar-refractivity contribution in [3.63, 3.8) is 0 Å². The van der Waals surface area contributed by atoms with Crippen molar-refractivity contribution >= 4 is 17.8 Å². The van der Waals surface area contributed by atoms with E-state index >= 15 is 0 Å². The van der Waals surface area contributed by atoms with Gasteiger partial charge in [0.25, 0.3) is 0 Å². The van der Waals surface area contributed by atoms with Crippen molar-refractivity contribution in [3.05, 3.63) is 12.2 Å². The topological polar surface area (TPSA) is 95.5 Å². The van der Waals surface area contributed by atoms with Gasteiger partial charge in [-0.1, -0.05) is 18.9 Å². The van der Waals surface area contributed by atoms with Crippen molar-refractivity contribution in [2.24, 2.45) is 17.8 Å². The standard InChI is InChI=1S/C29H47FN2O4/c30-26-8-2-1-7-23(26)15-20-28(34)32-25-18-11-21(12-19-25)5-3-9-27(33)31-24-16-13-22(14-17-24)6-4-10-29(35)36/h15,20-26H,1-14,16-19H2,(H,31,33)(H,32,34)(H,35,36)/b20-15+. The molecule has 7 heteroatoms. The second-order valence-electron chi connectivity index (χ2n) is 11.5. The summed E-state index contributed by atoms with van der Waals surface area (Å²) >= 11 is 0. The van der Waals surface area contributed by atoms with Crippen LogP contribution in [0.15, 0.2) is 12.2 Å². The molecule has 0 spiro atoms. The Morgan fingerprint density at radius 2 is 1.31 bits per heavy atom. The fourth-order valence-electron chi connectivity index (χ4n) is 6.38. The molecule has 3 rings (SSSR count). The van der Waals surface area contributed by atoms with Crippen LogP contribution < -0.4 is 10.6 Å². The first-order valence-corrected chi connectivity index (χ1v) is 14.5. The number of carbonyl (C=O) groups is 3. The average Bonchev–Trinajstić information content (AvgIpc) is 2.85. The SMILES string of the molecule is O=C(O)CCCC1CCC(NC(=O)CCCC2CCC(NC(=O)/C=C/C3CCCCC3F)CC2)CC1. The van der Waals surface area contributed by atoms with Gasteiger partial charge >= 0.3 is 5.97 Å². The fraction of sp³-hybridized carbons (Fsp3) is 0.828. The van der Waals surface area contributed by atoms with E-state index in [9.17, 15) is 18.8 Å². The third kappa shape index (κ3) is 10.6. The number of carboxylic acids is 1. The van der Waals surface area contributed by atoms with Crippen LogP contribution in [0.1, 0.15) is 116 Å². The summed E-state index contributed by atoms with van der Waals surface area (Å²) in [7, 11) is 0. The van der Waals surface area contributed by atoms with Gasteiger partial charge in [-0.05, 0) is 108 Å². The second kappa shape index (κ2) is 15.4. The number of alkyl halides is 1. The van der Waals surface area contributed by atoms with Crippen LogP contribution in [-0.2, 0) is 14.4 Å². The Hall–Kier alpha value is -1.92. The highest BCUT2D eigenvalue weighted by Gasteiger charge is 2.25. The van der Waals surface area contributed by atoms with Crippen molar-refractivity contribution in [1.82, 2.24) is 10.6 Å². The molecule has 3 fully saturated rings. The van der Waals surface area contributed by atoms with Gasteiger partial charge in [-0.25, -0.2) is 4.39 Å². The number of hydrogen-bond acceptors (Lipinski definition) is 3. The van der Waals surface area contributed by atoms with Crippen LogP contribution in [0.25, 0.3) is 0 Å². The molecule has 3 aliphatic rings. The molecule has 0 aliphatic heterocycles. The normalized spacial score (nSPS) is 31.1. The molecule has 6 nitrogen and oxygen atoms in total. The van der Waals surface area contributed by atoms with Gasteiger partial charge in [0.05, 0.1) is 0 Å². The van der Waals surface area contributed by atoms with E-state index in [0.29, 0.717) is 24.7 Å². The lowest BCUT2D eigenvalue weighted by Gasteiger charge is -2.30. The third-order valence-corrected chi connectivity index (χ3v) is 8.65.